The van der Waals surface area contributed by atoms with Gasteiger partial charge in [-0.25, -0.2) is 4.79 Å². The van der Waals surface area contributed by atoms with Crippen molar-refractivity contribution in [2.24, 2.45) is 5.92 Å². The highest BCUT2D eigenvalue weighted by molar-refractivity contribution is 5.89. The van der Waals surface area contributed by atoms with Gasteiger partial charge in [0.25, 0.3) is 0 Å². The molecule has 0 unspecified atom stereocenters. The smallest absolute Gasteiger partial charge is 0.329 e. The first-order valence-corrected chi connectivity index (χ1v) is 6.09. The number of carbonyl (C=O) groups excluding carboxylic acids is 1. The molecule has 4 heteroatoms. The summed E-state index contributed by atoms with van der Waals surface area (Å²) in [5, 5.41) is 9.42. The molecule has 0 heterocycles. The van der Waals surface area contributed by atoms with E-state index in [2.05, 4.69) is 0 Å². The second-order valence-electron chi connectivity index (χ2n) is 5.07. The predicted molar refractivity (Wildman–Crippen MR) is 58.9 cm³/mol. The standard InChI is InChI=1S/C12H19NO3/c1-13(10(14)9-5-6-9)12(11(15)16)7-3-2-4-8-12/h9H,2-8H2,1H3,(H,15,16). The number of rotatable bonds is 3. The number of nitrogens with zero attached hydrogens (tertiary/aromatic N) is 1. The van der Waals surface area contributed by atoms with Gasteiger partial charge in [0.15, 0.2) is 0 Å². The van der Waals surface area contributed by atoms with E-state index in [1.165, 1.54) is 4.90 Å². The van der Waals surface area contributed by atoms with Gasteiger partial charge in [-0.2, -0.15) is 0 Å². The molecule has 0 bridgehead atoms. The minimum absolute atomic E-state index is 0.0318. The van der Waals surface area contributed by atoms with E-state index in [0.717, 1.165) is 32.1 Å². The summed E-state index contributed by atoms with van der Waals surface area (Å²) in [6, 6.07) is 0. The molecule has 1 amide bonds. The summed E-state index contributed by atoms with van der Waals surface area (Å²) >= 11 is 0. The van der Waals surface area contributed by atoms with Crippen LogP contribution in [0.1, 0.15) is 44.9 Å². The Morgan fingerprint density at radius 1 is 1.19 bits per heavy atom. The Kier molecular flexibility index (Phi) is 2.91. The summed E-state index contributed by atoms with van der Waals surface area (Å²) in [4.78, 5) is 25.0. The maximum Gasteiger partial charge on any atom is 0.329 e. The average Bonchev–Trinajstić information content (AvgIpc) is 3.11. The van der Waals surface area contributed by atoms with E-state index >= 15 is 0 Å². The van der Waals surface area contributed by atoms with Crippen LogP contribution in [0.5, 0.6) is 0 Å². The van der Waals surface area contributed by atoms with E-state index in [1.807, 2.05) is 0 Å². The van der Waals surface area contributed by atoms with Crippen molar-refractivity contribution in [2.75, 3.05) is 7.05 Å². The van der Waals surface area contributed by atoms with Gasteiger partial charge in [0, 0.05) is 13.0 Å². The zero-order valence-corrected chi connectivity index (χ0v) is 9.74. The summed E-state index contributed by atoms with van der Waals surface area (Å²) < 4.78 is 0. The lowest BCUT2D eigenvalue weighted by molar-refractivity contribution is -0.160. The molecule has 16 heavy (non-hydrogen) atoms. The molecular weight excluding hydrogens is 206 g/mol. The first kappa shape index (κ1) is 11.4. The zero-order valence-electron chi connectivity index (χ0n) is 9.74. The van der Waals surface area contributed by atoms with Crippen LogP contribution in [0.15, 0.2) is 0 Å². The Bertz CT molecular complexity index is 303. The third-order valence-electron chi connectivity index (χ3n) is 3.98. The molecule has 0 aromatic heterocycles. The molecule has 2 aliphatic rings. The molecule has 0 atom stereocenters. The van der Waals surface area contributed by atoms with E-state index in [-0.39, 0.29) is 11.8 Å². The van der Waals surface area contributed by atoms with Crippen LogP contribution in [-0.4, -0.2) is 34.5 Å². The lowest BCUT2D eigenvalue weighted by Gasteiger charge is -2.41. The number of likely N-dealkylation sites (N-methyl/N-ethyl adjacent to an activating group) is 1. The summed E-state index contributed by atoms with van der Waals surface area (Å²) in [6.45, 7) is 0. The molecule has 0 saturated heterocycles. The van der Waals surface area contributed by atoms with Gasteiger partial charge in [-0.3, -0.25) is 4.79 Å². The summed E-state index contributed by atoms with van der Waals surface area (Å²) in [7, 11) is 1.67. The highest BCUT2D eigenvalue weighted by Crippen LogP contribution is 2.38. The van der Waals surface area contributed by atoms with Crippen LogP contribution in [-0.2, 0) is 9.59 Å². The molecule has 2 aliphatic carbocycles. The lowest BCUT2D eigenvalue weighted by Crippen LogP contribution is -2.56. The van der Waals surface area contributed by atoms with Crippen LogP contribution in [0.3, 0.4) is 0 Å². The number of amides is 1. The molecule has 90 valence electrons. The molecule has 2 saturated carbocycles. The van der Waals surface area contributed by atoms with Crippen molar-refractivity contribution in [3.8, 4) is 0 Å². The van der Waals surface area contributed by atoms with E-state index in [4.69, 9.17) is 0 Å². The van der Waals surface area contributed by atoms with Crippen molar-refractivity contribution in [1.82, 2.24) is 4.90 Å². The van der Waals surface area contributed by atoms with E-state index in [0.29, 0.717) is 12.8 Å². The lowest BCUT2D eigenvalue weighted by atomic mass is 9.80. The number of carboxylic acid groups (broad SMARTS) is 1. The summed E-state index contributed by atoms with van der Waals surface area (Å²) in [5.74, 6) is -0.698. The number of carboxylic acids is 1. The Hall–Kier alpha value is -1.06. The largest absolute Gasteiger partial charge is 0.479 e. The van der Waals surface area contributed by atoms with E-state index in [9.17, 15) is 14.7 Å². The number of aliphatic carboxylic acids is 1. The van der Waals surface area contributed by atoms with Gasteiger partial charge in [-0.1, -0.05) is 19.3 Å². The average molecular weight is 225 g/mol. The maximum absolute atomic E-state index is 12.0. The predicted octanol–water partition coefficient (Wildman–Crippen LogP) is 1.64. The topological polar surface area (TPSA) is 57.6 Å². The molecule has 0 aromatic rings. The minimum Gasteiger partial charge on any atom is -0.479 e. The van der Waals surface area contributed by atoms with Crippen molar-refractivity contribution in [1.29, 1.82) is 0 Å². The van der Waals surface area contributed by atoms with Gasteiger partial charge < -0.3 is 10.0 Å². The first-order chi connectivity index (χ1) is 7.58. The quantitative estimate of drug-likeness (QED) is 0.794. The highest BCUT2D eigenvalue weighted by atomic mass is 16.4. The second-order valence-corrected chi connectivity index (χ2v) is 5.07. The van der Waals surface area contributed by atoms with Crippen molar-refractivity contribution in [3.63, 3.8) is 0 Å². The normalized spacial score (nSPS) is 23.8. The Morgan fingerprint density at radius 3 is 2.19 bits per heavy atom. The number of hydrogen-bond acceptors (Lipinski definition) is 2. The number of hydrogen-bond donors (Lipinski definition) is 1. The molecule has 0 aromatic carbocycles. The Morgan fingerprint density at radius 2 is 1.75 bits per heavy atom. The fraction of sp³-hybridized carbons (Fsp3) is 0.833. The van der Waals surface area contributed by atoms with Crippen molar-refractivity contribution in [3.05, 3.63) is 0 Å². The van der Waals surface area contributed by atoms with Crippen LogP contribution in [0.2, 0.25) is 0 Å². The Balaban J connectivity index is 2.16. The van der Waals surface area contributed by atoms with Gasteiger partial charge in [0.2, 0.25) is 5.91 Å². The molecule has 1 N–H and O–H groups in total. The SMILES string of the molecule is CN(C(=O)C1CC1)C1(C(=O)O)CCCCC1. The second kappa shape index (κ2) is 4.07. The maximum atomic E-state index is 12.0. The summed E-state index contributed by atoms with van der Waals surface area (Å²) in [5.41, 5.74) is -0.919. The van der Waals surface area contributed by atoms with Gasteiger partial charge in [0.05, 0.1) is 0 Å². The highest BCUT2D eigenvalue weighted by Gasteiger charge is 2.48. The molecule has 0 aliphatic heterocycles. The fourth-order valence-electron chi connectivity index (χ4n) is 2.64. The van der Waals surface area contributed by atoms with Crippen molar-refractivity contribution < 1.29 is 14.7 Å². The zero-order chi connectivity index (χ0) is 11.8. The molecule has 0 spiro atoms. The fourth-order valence-corrected chi connectivity index (χ4v) is 2.64. The van der Waals surface area contributed by atoms with Gasteiger partial charge in [-0.15, -0.1) is 0 Å². The van der Waals surface area contributed by atoms with E-state index in [1.54, 1.807) is 7.05 Å². The van der Waals surface area contributed by atoms with E-state index < -0.39 is 11.5 Å². The minimum atomic E-state index is -0.919. The molecule has 4 nitrogen and oxygen atoms in total. The van der Waals surface area contributed by atoms with Crippen LogP contribution in [0, 0.1) is 5.92 Å². The van der Waals surface area contributed by atoms with Crippen LogP contribution in [0.4, 0.5) is 0 Å². The first-order valence-electron chi connectivity index (χ1n) is 6.09. The molecular formula is C12H19NO3. The molecule has 2 rings (SSSR count). The van der Waals surface area contributed by atoms with Gasteiger partial charge in [0.1, 0.15) is 5.54 Å². The van der Waals surface area contributed by atoms with Gasteiger partial charge >= 0.3 is 5.97 Å². The Labute approximate surface area is 95.6 Å². The molecule has 0 radical (unpaired) electrons. The summed E-state index contributed by atoms with van der Waals surface area (Å²) in [6.07, 6.45) is 5.98. The van der Waals surface area contributed by atoms with Crippen LogP contribution < -0.4 is 0 Å². The third-order valence-corrected chi connectivity index (χ3v) is 3.98. The van der Waals surface area contributed by atoms with Crippen LogP contribution in [0.25, 0.3) is 0 Å². The monoisotopic (exact) mass is 225 g/mol. The van der Waals surface area contributed by atoms with Crippen molar-refractivity contribution >= 4 is 11.9 Å². The van der Waals surface area contributed by atoms with Gasteiger partial charge in [-0.05, 0) is 25.7 Å². The molecule has 2 fully saturated rings. The van der Waals surface area contributed by atoms with Crippen LogP contribution >= 0.6 is 0 Å². The third kappa shape index (κ3) is 1.81. The van der Waals surface area contributed by atoms with Crippen molar-refractivity contribution in [2.45, 2.75) is 50.5 Å². The number of carbonyl (C=O) groups is 2.